The Kier molecular flexibility index (Phi) is 2.99. The number of aryl methyl sites for hydroxylation is 1. The molecule has 2 heteroatoms. The van der Waals surface area contributed by atoms with Gasteiger partial charge in [0.25, 0.3) is 0 Å². The molecule has 1 heterocycles. The van der Waals surface area contributed by atoms with Crippen molar-refractivity contribution in [3.05, 3.63) is 29.3 Å². The lowest BCUT2D eigenvalue weighted by Gasteiger charge is -2.26. The van der Waals surface area contributed by atoms with Crippen molar-refractivity contribution in [3.63, 3.8) is 0 Å². The first kappa shape index (κ1) is 11.2. The van der Waals surface area contributed by atoms with E-state index >= 15 is 0 Å². The number of benzene rings is 1. The molecule has 0 bridgehead atoms. The van der Waals surface area contributed by atoms with E-state index in [9.17, 15) is 4.79 Å². The molecule has 1 aliphatic heterocycles. The van der Waals surface area contributed by atoms with Crippen LogP contribution in [0.5, 0.6) is 0 Å². The van der Waals surface area contributed by atoms with Gasteiger partial charge in [-0.15, -0.1) is 0 Å². The summed E-state index contributed by atoms with van der Waals surface area (Å²) in [7, 11) is 1.87. The number of carbonyl (C=O) groups is 1. The Labute approximate surface area is 97.3 Å². The Balaban J connectivity index is 2.33. The second-order valence-corrected chi connectivity index (χ2v) is 5.01. The molecular weight excluding hydrogens is 198 g/mol. The number of hydrogen-bond acceptors (Lipinski definition) is 1. The fourth-order valence-corrected chi connectivity index (χ4v) is 2.28. The number of carbonyl (C=O) groups excluding carboxylic acids is 1. The van der Waals surface area contributed by atoms with Gasteiger partial charge in [0.1, 0.15) is 0 Å². The van der Waals surface area contributed by atoms with Crippen molar-refractivity contribution >= 4 is 11.6 Å². The lowest BCUT2D eigenvalue weighted by atomic mass is 9.96. The molecule has 0 saturated carbocycles. The van der Waals surface area contributed by atoms with Crippen LogP contribution in [-0.4, -0.2) is 13.0 Å². The van der Waals surface area contributed by atoms with Gasteiger partial charge >= 0.3 is 0 Å². The maximum Gasteiger partial charge on any atom is 0.227 e. The Bertz CT molecular complexity index is 409. The Morgan fingerprint density at radius 3 is 2.75 bits per heavy atom. The lowest BCUT2D eigenvalue weighted by Crippen LogP contribution is -2.31. The molecule has 0 unspecified atom stereocenters. The molecule has 16 heavy (non-hydrogen) atoms. The summed E-state index contributed by atoms with van der Waals surface area (Å²) in [6.07, 6.45) is 2.61. The molecule has 0 aromatic heterocycles. The summed E-state index contributed by atoms with van der Waals surface area (Å²) in [5.74, 6) is 0.886. The molecule has 1 amide bonds. The first-order valence-corrected chi connectivity index (χ1v) is 5.96. The van der Waals surface area contributed by atoms with Crippen molar-refractivity contribution in [2.24, 2.45) is 5.92 Å². The molecule has 2 nitrogen and oxygen atoms in total. The molecule has 0 spiro atoms. The largest absolute Gasteiger partial charge is 0.315 e. The zero-order valence-electron chi connectivity index (χ0n) is 10.3. The van der Waals surface area contributed by atoms with Crippen LogP contribution in [0.15, 0.2) is 18.2 Å². The average Bonchev–Trinajstić information content (AvgIpc) is 2.23. The van der Waals surface area contributed by atoms with Gasteiger partial charge in [0.05, 0.1) is 0 Å². The summed E-state index contributed by atoms with van der Waals surface area (Å²) in [6, 6.07) is 6.55. The number of rotatable bonds is 2. The van der Waals surface area contributed by atoms with Gasteiger partial charge < -0.3 is 4.90 Å². The SMILES string of the molecule is CC(C)Cc1ccc2c(c1)N(C)C(=O)CC2. The maximum absolute atomic E-state index is 11.6. The molecule has 1 aromatic carbocycles. The van der Waals surface area contributed by atoms with E-state index in [4.69, 9.17) is 0 Å². The number of anilines is 1. The first-order chi connectivity index (χ1) is 7.58. The molecular formula is C14H19NO. The standard InChI is InChI=1S/C14H19NO/c1-10(2)8-11-4-5-12-6-7-14(16)15(3)13(12)9-11/h4-5,9-10H,6-8H2,1-3H3. The molecule has 2 rings (SSSR count). The highest BCUT2D eigenvalue weighted by atomic mass is 16.2. The Morgan fingerprint density at radius 1 is 1.31 bits per heavy atom. The topological polar surface area (TPSA) is 20.3 Å². The number of amides is 1. The minimum atomic E-state index is 0.231. The predicted octanol–water partition coefficient (Wildman–Crippen LogP) is 2.79. The fourth-order valence-electron chi connectivity index (χ4n) is 2.28. The third-order valence-electron chi connectivity index (χ3n) is 3.14. The van der Waals surface area contributed by atoms with Gasteiger partial charge in [-0.25, -0.2) is 0 Å². The first-order valence-electron chi connectivity index (χ1n) is 5.96. The second-order valence-electron chi connectivity index (χ2n) is 5.01. The Morgan fingerprint density at radius 2 is 2.06 bits per heavy atom. The van der Waals surface area contributed by atoms with Gasteiger partial charge in [-0.05, 0) is 36.0 Å². The third kappa shape index (κ3) is 2.11. The Hall–Kier alpha value is -1.31. The van der Waals surface area contributed by atoms with E-state index in [0.29, 0.717) is 12.3 Å². The van der Waals surface area contributed by atoms with Crippen LogP contribution in [-0.2, 0) is 17.6 Å². The maximum atomic E-state index is 11.6. The normalized spacial score (nSPS) is 15.5. The molecule has 1 aliphatic rings. The van der Waals surface area contributed by atoms with Gasteiger partial charge in [0.2, 0.25) is 5.91 Å². The molecule has 0 N–H and O–H groups in total. The summed E-state index contributed by atoms with van der Waals surface area (Å²) >= 11 is 0. The molecule has 0 atom stereocenters. The van der Waals surface area contributed by atoms with E-state index in [2.05, 4.69) is 32.0 Å². The van der Waals surface area contributed by atoms with Gasteiger partial charge in [-0.3, -0.25) is 4.79 Å². The van der Waals surface area contributed by atoms with Crippen molar-refractivity contribution in [1.29, 1.82) is 0 Å². The minimum absolute atomic E-state index is 0.231. The molecule has 86 valence electrons. The van der Waals surface area contributed by atoms with Crippen molar-refractivity contribution in [2.45, 2.75) is 33.1 Å². The average molecular weight is 217 g/mol. The quantitative estimate of drug-likeness (QED) is 0.746. The number of hydrogen-bond donors (Lipinski definition) is 0. The van der Waals surface area contributed by atoms with Gasteiger partial charge in [-0.2, -0.15) is 0 Å². The monoisotopic (exact) mass is 217 g/mol. The van der Waals surface area contributed by atoms with E-state index in [1.165, 1.54) is 11.1 Å². The van der Waals surface area contributed by atoms with Crippen LogP contribution in [0, 0.1) is 5.92 Å². The van der Waals surface area contributed by atoms with Crippen LogP contribution in [0.2, 0.25) is 0 Å². The van der Waals surface area contributed by atoms with Crippen LogP contribution in [0.4, 0.5) is 5.69 Å². The van der Waals surface area contributed by atoms with E-state index in [1.807, 2.05) is 7.05 Å². The van der Waals surface area contributed by atoms with E-state index in [1.54, 1.807) is 4.90 Å². The molecule has 1 aromatic rings. The third-order valence-corrected chi connectivity index (χ3v) is 3.14. The van der Waals surface area contributed by atoms with Crippen molar-refractivity contribution < 1.29 is 4.79 Å². The van der Waals surface area contributed by atoms with Gasteiger partial charge in [-0.1, -0.05) is 26.0 Å². The lowest BCUT2D eigenvalue weighted by molar-refractivity contribution is -0.118. The summed E-state index contributed by atoms with van der Waals surface area (Å²) in [5, 5.41) is 0. The summed E-state index contributed by atoms with van der Waals surface area (Å²) in [5.41, 5.74) is 3.74. The van der Waals surface area contributed by atoms with E-state index in [-0.39, 0.29) is 5.91 Å². The van der Waals surface area contributed by atoms with Crippen molar-refractivity contribution in [1.82, 2.24) is 0 Å². The molecule has 0 aliphatic carbocycles. The zero-order valence-corrected chi connectivity index (χ0v) is 10.3. The van der Waals surface area contributed by atoms with Crippen LogP contribution in [0.1, 0.15) is 31.4 Å². The number of fused-ring (bicyclic) bond motifs is 1. The molecule has 0 radical (unpaired) electrons. The van der Waals surface area contributed by atoms with Crippen LogP contribution in [0.25, 0.3) is 0 Å². The van der Waals surface area contributed by atoms with E-state index in [0.717, 1.165) is 18.5 Å². The summed E-state index contributed by atoms with van der Waals surface area (Å²) in [6.45, 7) is 4.43. The highest BCUT2D eigenvalue weighted by Crippen LogP contribution is 2.28. The minimum Gasteiger partial charge on any atom is -0.315 e. The summed E-state index contributed by atoms with van der Waals surface area (Å²) in [4.78, 5) is 13.4. The van der Waals surface area contributed by atoms with Gasteiger partial charge in [0, 0.05) is 19.2 Å². The molecule has 0 fully saturated rings. The van der Waals surface area contributed by atoms with Crippen LogP contribution in [0.3, 0.4) is 0 Å². The van der Waals surface area contributed by atoms with Gasteiger partial charge in [0.15, 0.2) is 0 Å². The highest BCUT2D eigenvalue weighted by molar-refractivity contribution is 5.95. The highest BCUT2D eigenvalue weighted by Gasteiger charge is 2.20. The smallest absolute Gasteiger partial charge is 0.227 e. The van der Waals surface area contributed by atoms with Crippen LogP contribution >= 0.6 is 0 Å². The fraction of sp³-hybridized carbons (Fsp3) is 0.500. The number of nitrogens with zero attached hydrogens (tertiary/aromatic N) is 1. The second kappa shape index (κ2) is 4.28. The van der Waals surface area contributed by atoms with Crippen molar-refractivity contribution in [3.8, 4) is 0 Å². The summed E-state index contributed by atoms with van der Waals surface area (Å²) < 4.78 is 0. The molecule has 0 saturated heterocycles. The van der Waals surface area contributed by atoms with E-state index < -0.39 is 0 Å². The van der Waals surface area contributed by atoms with Crippen LogP contribution < -0.4 is 4.90 Å². The predicted molar refractivity (Wildman–Crippen MR) is 66.7 cm³/mol. The van der Waals surface area contributed by atoms with Crippen molar-refractivity contribution in [2.75, 3.05) is 11.9 Å². The zero-order chi connectivity index (χ0) is 11.7.